The van der Waals surface area contributed by atoms with Crippen LogP contribution in [-0.2, 0) is 14.3 Å². The summed E-state index contributed by atoms with van der Waals surface area (Å²) in [7, 11) is 1.36. The lowest BCUT2D eigenvalue weighted by Gasteiger charge is -2.20. The fraction of sp³-hybridized carbons (Fsp3) is 0.846. The number of rotatable bonds is 3. The van der Waals surface area contributed by atoms with Gasteiger partial charge in [-0.3, -0.25) is 4.90 Å². The van der Waals surface area contributed by atoms with Crippen LogP contribution in [0.25, 0.3) is 0 Å². The highest BCUT2D eigenvalue weighted by atomic mass is 16.6. The first-order valence-electron chi connectivity index (χ1n) is 6.73. The molecule has 2 rings (SSSR count). The van der Waals surface area contributed by atoms with Crippen LogP contribution in [0.4, 0.5) is 4.79 Å². The average molecular weight is 255 g/mol. The molecule has 1 aliphatic carbocycles. The minimum absolute atomic E-state index is 0.00296. The van der Waals surface area contributed by atoms with Crippen LogP contribution >= 0.6 is 0 Å². The molecule has 2 fully saturated rings. The van der Waals surface area contributed by atoms with Gasteiger partial charge in [-0.1, -0.05) is 19.3 Å². The van der Waals surface area contributed by atoms with E-state index >= 15 is 0 Å². The molecule has 1 aliphatic heterocycles. The number of amides is 1. The van der Waals surface area contributed by atoms with Crippen LogP contribution in [0.5, 0.6) is 0 Å². The Balaban J connectivity index is 2.02. The minimum atomic E-state index is -0.419. The van der Waals surface area contributed by atoms with E-state index in [2.05, 4.69) is 0 Å². The molecule has 1 heterocycles. The first-order chi connectivity index (χ1) is 8.70. The highest BCUT2D eigenvalue weighted by molar-refractivity contribution is 5.88. The van der Waals surface area contributed by atoms with Gasteiger partial charge in [-0.15, -0.1) is 0 Å². The van der Waals surface area contributed by atoms with Gasteiger partial charge in [-0.05, 0) is 25.7 Å². The van der Waals surface area contributed by atoms with Gasteiger partial charge in [0.1, 0.15) is 0 Å². The van der Waals surface area contributed by atoms with Gasteiger partial charge >= 0.3 is 12.1 Å². The lowest BCUT2D eigenvalue weighted by atomic mass is 9.86. The molecule has 0 bridgehead atoms. The molecule has 0 N–H and O–H groups in total. The zero-order chi connectivity index (χ0) is 13.1. The van der Waals surface area contributed by atoms with E-state index in [1.807, 2.05) is 0 Å². The number of nitrogens with zero attached hydrogens (tertiary/aromatic N) is 1. The number of carbonyl (C=O) groups is 2. The predicted octanol–water partition coefficient (Wildman–Crippen LogP) is 1.95. The molecule has 102 valence electrons. The van der Waals surface area contributed by atoms with E-state index in [1.54, 1.807) is 11.8 Å². The zero-order valence-electron chi connectivity index (χ0n) is 11.1. The molecular formula is C13H21NO4. The summed E-state index contributed by atoms with van der Waals surface area (Å²) in [4.78, 5) is 25.0. The summed E-state index contributed by atoms with van der Waals surface area (Å²) in [5.74, 6) is 0.103. The number of carbonyl (C=O) groups excluding carboxylic acids is 2. The van der Waals surface area contributed by atoms with Crippen molar-refractivity contribution < 1.29 is 19.1 Å². The van der Waals surface area contributed by atoms with Crippen molar-refractivity contribution in [2.24, 2.45) is 5.92 Å². The second kappa shape index (κ2) is 5.59. The van der Waals surface area contributed by atoms with Crippen molar-refractivity contribution in [3.05, 3.63) is 0 Å². The molecule has 5 heteroatoms. The number of hydrogen-bond acceptors (Lipinski definition) is 4. The first-order valence-corrected chi connectivity index (χ1v) is 6.73. The first kappa shape index (κ1) is 13.2. The maximum absolute atomic E-state index is 11.8. The topological polar surface area (TPSA) is 55.6 Å². The van der Waals surface area contributed by atoms with Gasteiger partial charge in [0.2, 0.25) is 0 Å². The summed E-state index contributed by atoms with van der Waals surface area (Å²) in [6, 6.07) is -0.422. The Morgan fingerprint density at radius 3 is 2.44 bits per heavy atom. The maximum Gasteiger partial charge on any atom is 0.410 e. The second-order valence-corrected chi connectivity index (χ2v) is 4.96. The second-order valence-electron chi connectivity index (χ2n) is 4.96. The summed E-state index contributed by atoms with van der Waals surface area (Å²) in [5, 5.41) is 0. The summed E-state index contributed by atoms with van der Waals surface area (Å²) in [6.45, 7) is 2.10. The molecule has 0 aromatic rings. The number of hydrogen-bond donors (Lipinski definition) is 0. The molecule has 0 unspecified atom stereocenters. The highest BCUT2D eigenvalue weighted by Crippen LogP contribution is 2.42. The highest BCUT2D eigenvalue weighted by Gasteiger charge is 2.60. The summed E-state index contributed by atoms with van der Waals surface area (Å²) < 4.78 is 9.76. The Hall–Kier alpha value is -1.26. The van der Waals surface area contributed by atoms with Crippen molar-refractivity contribution >= 4 is 12.1 Å². The monoisotopic (exact) mass is 255 g/mol. The number of methoxy groups -OCH3 is 1. The third kappa shape index (κ3) is 2.44. The molecule has 2 atom stereocenters. The average Bonchev–Trinajstić information content (AvgIpc) is 3.14. The van der Waals surface area contributed by atoms with Gasteiger partial charge in [0, 0.05) is 0 Å². The predicted molar refractivity (Wildman–Crippen MR) is 65.0 cm³/mol. The van der Waals surface area contributed by atoms with Gasteiger partial charge in [-0.2, -0.15) is 0 Å². The minimum Gasteiger partial charge on any atom is -0.467 e. The Morgan fingerprint density at radius 2 is 1.89 bits per heavy atom. The molecule has 1 saturated heterocycles. The third-order valence-electron chi connectivity index (χ3n) is 3.91. The molecule has 18 heavy (non-hydrogen) atoms. The van der Waals surface area contributed by atoms with Crippen LogP contribution in [0.3, 0.4) is 0 Å². The van der Waals surface area contributed by atoms with Gasteiger partial charge < -0.3 is 9.47 Å². The van der Waals surface area contributed by atoms with E-state index in [1.165, 1.54) is 26.4 Å². The van der Waals surface area contributed by atoms with Gasteiger partial charge in [-0.25, -0.2) is 9.59 Å². The van der Waals surface area contributed by atoms with Crippen LogP contribution in [0.1, 0.15) is 39.0 Å². The largest absolute Gasteiger partial charge is 0.467 e. The lowest BCUT2D eigenvalue weighted by Crippen LogP contribution is -2.21. The van der Waals surface area contributed by atoms with Crippen LogP contribution in [0.15, 0.2) is 0 Å². The van der Waals surface area contributed by atoms with Crippen molar-refractivity contribution in [1.29, 1.82) is 0 Å². The molecule has 1 saturated carbocycles. The van der Waals surface area contributed by atoms with Crippen LogP contribution < -0.4 is 0 Å². The molecule has 0 spiro atoms. The van der Waals surface area contributed by atoms with E-state index < -0.39 is 6.04 Å². The van der Waals surface area contributed by atoms with E-state index in [-0.39, 0.29) is 18.1 Å². The standard InChI is InChI=1S/C13H21NO4/c1-3-18-13(16)14-10(11(14)12(15)17-2)9-7-5-4-6-8-9/h9-11H,3-8H2,1-2H3/t10-,11+,14?/m1/s1. The summed E-state index contributed by atoms with van der Waals surface area (Å²) in [5.41, 5.74) is 0. The molecule has 0 aromatic carbocycles. The van der Waals surface area contributed by atoms with Crippen LogP contribution in [0.2, 0.25) is 0 Å². The number of esters is 1. The normalized spacial score (nSPS) is 27.8. The Morgan fingerprint density at radius 1 is 1.22 bits per heavy atom. The molecular weight excluding hydrogens is 234 g/mol. The van der Waals surface area contributed by atoms with E-state index in [4.69, 9.17) is 9.47 Å². The molecule has 2 aliphatic rings. The van der Waals surface area contributed by atoms with Crippen molar-refractivity contribution in [1.82, 2.24) is 4.90 Å². The Labute approximate surface area is 107 Å². The van der Waals surface area contributed by atoms with E-state index in [0.717, 1.165) is 12.8 Å². The van der Waals surface area contributed by atoms with E-state index in [9.17, 15) is 9.59 Å². The van der Waals surface area contributed by atoms with E-state index in [0.29, 0.717) is 12.5 Å². The zero-order valence-corrected chi connectivity index (χ0v) is 11.1. The van der Waals surface area contributed by atoms with Crippen molar-refractivity contribution in [2.45, 2.75) is 51.1 Å². The van der Waals surface area contributed by atoms with Gasteiger partial charge in [0.05, 0.1) is 19.8 Å². The number of ether oxygens (including phenoxy) is 2. The Bertz CT molecular complexity index is 325. The van der Waals surface area contributed by atoms with Gasteiger partial charge in [0.15, 0.2) is 6.04 Å². The third-order valence-corrected chi connectivity index (χ3v) is 3.91. The fourth-order valence-corrected chi connectivity index (χ4v) is 3.02. The summed E-state index contributed by atoms with van der Waals surface area (Å²) >= 11 is 0. The smallest absolute Gasteiger partial charge is 0.410 e. The summed E-state index contributed by atoms with van der Waals surface area (Å²) in [6.07, 6.45) is 5.42. The van der Waals surface area contributed by atoms with Crippen LogP contribution in [-0.4, -0.2) is 42.8 Å². The van der Waals surface area contributed by atoms with Crippen LogP contribution in [0, 0.1) is 5.92 Å². The van der Waals surface area contributed by atoms with Crippen molar-refractivity contribution in [3.8, 4) is 0 Å². The molecule has 5 nitrogen and oxygen atoms in total. The fourth-order valence-electron chi connectivity index (χ4n) is 3.02. The molecule has 0 radical (unpaired) electrons. The molecule has 0 aromatic heterocycles. The SMILES string of the molecule is CCOC(=O)N1[C@H](C(=O)OC)[C@H]1C1CCCCC1. The maximum atomic E-state index is 11.8. The Kier molecular flexibility index (Phi) is 4.09. The lowest BCUT2D eigenvalue weighted by molar-refractivity contribution is -0.140. The quantitative estimate of drug-likeness (QED) is 0.571. The van der Waals surface area contributed by atoms with Crippen molar-refractivity contribution in [3.63, 3.8) is 0 Å². The van der Waals surface area contributed by atoms with Gasteiger partial charge in [0.25, 0.3) is 0 Å². The van der Waals surface area contributed by atoms with Crippen molar-refractivity contribution in [2.75, 3.05) is 13.7 Å². The molecule has 1 amide bonds.